The summed E-state index contributed by atoms with van der Waals surface area (Å²) in [6, 6.07) is 10.4. The zero-order chi connectivity index (χ0) is 11.7. The maximum Gasteiger partial charge on any atom is 0.129 e. The molecule has 1 aliphatic heterocycles. The smallest absolute Gasteiger partial charge is 0.129 e. The van der Waals surface area contributed by atoms with E-state index >= 15 is 0 Å². The third-order valence-electron chi connectivity index (χ3n) is 3.10. The Hall–Kier alpha value is -1.13. The molecule has 0 saturated carbocycles. The van der Waals surface area contributed by atoms with Crippen molar-refractivity contribution in [2.75, 3.05) is 31.1 Å². The number of rotatable bonds is 1. The summed E-state index contributed by atoms with van der Waals surface area (Å²) in [5.74, 6) is 1.07. The summed E-state index contributed by atoms with van der Waals surface area (Å²) in [6.45, 7) is 4.14. The van der Waals surface area contributed by atoms with Crippen molar-refractivity contribution in [1.29, 1.82) is 0 Å². The first-order valence-electron chi connectivity index (χ1n) is 5.85. The highest BCUT2D eigenvalue weighted by Gasteiger charge is 2.12. The van der Waals surface area contributed by atoms with Gasteiger partial charge in [0.15, 0.2) is 0 Å². The zero-order valence-electron chi connectivity index (χ0n) is 9.49. The van der Waals surface area contributed by atoms with E-state index in [4.69, 9.17) is 4.98 Å². The average molecular weight is 292 g/mol. The van der Waals surface area contributed by atoms with Crippen molar-refractivity contribution >= 4 is 32.7 Å². The van der Waals surface area contributed by atoms with Gasteiger partial charge in [-0.3, -0.25) is 0 Å². The first-order valence-corrected chi connectivity index (χ1v) is 6.65. The van der Waals surface area contributed by atoms with E-state index in [-0.39, 0.29) is 0 Å². The normalized spacial score (nSPS) is 16.4. The Balaban J connectivity index is 2.03. The Labute approximate surface area is 109 Å². The fourth-order valence-electron chi connectivity index (χ4n) is 2.17. The average Bonchev–Trinajstić information content (AvgIpc) is 2.40. The first kappa shape index (κ1) is 11.0. The highest BCUT2D eigenvalue weighted by molar-refractivity contribution is 9.10. The predicted octanol–water partition coefficient (Wildman–Crippen LogP) is 2.41. The van der Waals surface area contributed by atoms with E-state index < -0.39 is 0 Å². The van der Waals surface area contributed by atoms with Crippen molar-refractivity contribution in [2.45, 2.75) is 0 Å². The summed E-state index contributed by atoms with van der Waals surface area (Å²) in [5, 5.41) is 4.53. The highest BCUT2D eigenvalue weighted by atomic mass is 79.9. The van der Waals surface area contributed by atoms with Crippen molar-refractivity contribution < 1.29 is 0 Å². The Morgan fingerprint density at radius 1 is 1.12 bits per heavy atom. The molecule has 4 heteroatoms. The molecule has 2 aromatic rings. The Morgan fingerprint density at radius 2 is 1.94 bits per heavy atom. The lowest BCUT2D eigenvalue weighted by Gasteiger charge is -2.28. The summed E-state index contributed by atoms with van der Waals surface area (Å²) in [5.41, 5.74) is 1.04. The van der Waals surface area contributed by atoms with Crippen LogP contribution in [0.25, 0.3) is 10.9 Å². The maximum absolute atomic E-state index is 4.75. The molecular formula is C13H14BrN3. The standard InChI is InChI=1S/C13H14BrN3/c14-11-3-1-2-10-4-5-12(16-13(10)11)17-8-6-15-7-9-17/h1-5,15H,6-9H2. The van der Waals surface area contributed by atoms with Crippen LogP contribution in [-0.4, -0.2) is 31.2 Å². The fraction of sp³-hybridized carbons (Fsp3) is 0.308. The number of halogens is 1. The Bertz CT molecular complexity index is 535. The molecule has 3 rings (SSSR count). The number of anilines is 1. The molecule has 1 N–H and O–H groups in total. The topological polar surface area (TPSA) is 28.2 Å². The van der Waals surface area contributed by atoms with Crippen molar-refractivity contribution in [1.82, 2.24) is 10.3 Å². The van der Waals surface area contributed by atoms with E-state index in [9.17, 15) is 0 Å². The molecule has 0 atom stereocenters. The fourth-order valence-corrected chi connectivity index (χ4v) is 2.64. The van der Waals surface area contributed by atoms with Crippen molar-refractivity contribution in [3.05, 3.63) is 34.8 Å². The molecule has 2 heterocycles. The van der Waals surface area contributed by atoms with E-state index in [2.05, 4.69) is 44.3 Å². The van der Waals surface area contributed by atoms with Crippen LogP contribution in [0.4, 0.5) is 5.82 Å². The molecule has 0 aliphatic carbocycles. The monoisotopic (exact) mass is 291 g/mol. The third kappa shape index (κ3) is 2.15. The van der Waals surface area contributed by atoms with Gasteiger partial charge in [0.2, 0.25) is 0 Å². The van der Waals surface area contributed by atoms with Gasteiger partial charge in [0.05, 0.1) is 5.52 Å². The van der Waals surface area contributed by atoms with Gasteiger partial charge in [-0.15, -0.1) is 0 Å². The molecule has 1 aliphatic rings. The molecule has 0 bridgehead atoms. The molecule has 3 nitrogen and oxygen atoms in total. The number of fused-ring (bicyclic) bond motifs is 1. The van der Waals surface area contributed by atoms with Gasteiger partial charge in [-0.05, 0) is 34.1 Å². The molecule has 0 amide bonds. The van der Waals surface area contributed by atoms with E-state index in [1.165, 1.54) is 5.39 Å². The van der Waals surface area contributed by atoms with Crippen molar-refractivity contribution in [3.63, 3.8) is 0 Å². The van der Waals surface area contributed by atoms with Gasteiger partial charge in [-0.2, -0.15) is 0 Å². The predicted molar refractivity (Wildman–Crippen MR) is 74.5 cm³/mol. The second-order valence-electron chi connectivity index (χ2n) is 4.22. The summed E-state index contributed by atoms with van der Waals surface area (Å²) in [4.78, 5) is 7.08. The largest absolute Gasteiger partial charge is 0.354 e. The molecule has 1 fully saturated rings. The SMILES string of the molecule is Brc1cccc2ccc(N3CCNCC3)nc12. The van der Waals surface area contributed by atoms with E-state index in [0.717, 1.165) is 42.0 Å². The minimum atomic E-state index is 1.03. The first-order chi connectivity index (χ1) is 8.34. The van der Waals surface area contributed by atoms with Crippen LogP contribution < -0.4 is 10.2 Å². The molecule has 1 aromatic carbocycles. The zero-order valence-corrected chi connectivity index (χ0v) is 11.1. The van der Waals surface area contributed by atoms with Gasteiger partial charge in [-0.1, -0.05) is 12.1 Å². The van der Waals surface area contributed by atoms with Crippen LogP contribution in [0.15, 0.2) is 34.8 Å². The summed E-state index contributed by atoms with van der Waals surface area (Å²) in [7, 11) is 0. The second-order valence-corrected chi connectivity index (χ2v) is 5.07. The van der Waals surface area contributed by atoms with E-state index in [1.807, 2.05) is 12.1 Å². The van der Waals surface area contributed by atoms with Crippen LogP contribution in [0.5, 0.6) is 0 Å². The quantitative estimate of drug-likeness (QED) is 0.875. The lowest BCUT2D eigenvalue weighted by Crippen LogP contribution is -2.43. The number of hydrogen-bond acceptors (Lipinski definition) is 3. The molecule has 0 unspecified atom stereocenters. The van der Waals surface area contributed by atoms with Gasteiger partial charge in [-0.25, -0.2) is 4.98 Å². The molecule has 0 radical (unpaired) electrons. The van der Waals surface area contributed by atoms with Crippen LogP contribution in [0.2, 0.25) is 0 Å². The number of nitrogens with one attached hydrogen (secondary N) is 1. The van der Waals surface area contributed by atoms with Crippen LogP contribution in [0, 0.1) is 0 Å². The van der Waals surface area contributed by atoms with Gasteiger partial charge in [0.1, 0.15) is 5.82 Å². The molecule has 1 aromatic heterocycles. The Morgan fingerprint density at radius 3 is 2.76 bits per heavy atom. The number of piperazine rings is 1. The highest BCUT2D eigenvalue weighted by Crippen LogP contribution is 2.24. The van der Waals surface area contributed by atoms with Crippen LogP contribution >= 0.6 is 15.9 Å². The molecular weight excluding hydrogens is 278 g/mol. The lowest BCUT2D eigenvalue weighted by atomic mass is 10.2. The van der Waals surface area contributed by atoms with Crippen LogP contribution in [-0.2, 0) is 0 Å². The molecule has 17 heavy (non-hydrogen) atoms. The molecule has 1 saturated heterocycles. The number of aromatic nitrogens is 1. The minimum Gasteiger partial charge on any atom is -0.354 e. The molecule has 88 valence electrons. The Kier molecular flexibility index (Phi) is 2.99. The molecule has 0 spiro atoms. The van der Waals surface area contributed by atoms with E-state index in [0.29, 0.717) is 0 Å². The van der Waals surface area contributed by atoms with Gasteiger partial charge >= 0.3 is 0 Å². The summed E-state index contributed by atoms with van der Waals surface area (Å²) >= 11 is 3.56. The number of para-hydroxylation sites is 1. The van der Waals surface area contributed by atoms with Crippen LogP contribution in [0.3, 0.4) is 0 Å². The van der Waals surface area contributed by atoms with Crippen molar-refractivity contribution in [2.24, 2.45) is 0 Å². The van der Waals surface area contributed by atoms with Gasteiger partial charge in [0.25, 0.3) is 0 Å². The second kappa shape index (κ2) is 4.63. The third-order valence-corrected chi connectivity index (χ3v) is 3.74. The summed E-state index contributed by atoms with van der Waals surface area (Å²) < 4.78 is 1.06. The number of pyridine rings is 1. The maximum atomic E-state index is 4.75. The van der Waals surface area contributed by atoms with Crippen molar-refractivity contribution in [3.8, 4) is 0 Å². The van der Waals surface area contributed by atoms with Crippen LogP contribution in [0.1, 0.15) is 0 Å². The number of benzene rings is 1. The number of nitrogens with zero attached hydrogens (tertiary/aromatic N) is 2. The van der Waals surface area contributed by atoms with E-state index in [1.54, 1.807) is 0 Å². The lowest BCUT2D eigenvalue weighted by molar-refractivity contribution is 0.585. The summed E-state index contributed by atoms with van der Waals surface area (Å²) in [6.07, 6.45) is 0. The van der Waals surface area contributed by atoms with Gasteiger partial charge in [0, 0.05) is 36.0 Å². The minimum absolute atomic E-state index is 1.03. The number of hydrogen-bond donors (Lipinski definition) is 1. The van der Waals surface area contributed by atoms with Gasteiger partial charge < -0.3 is 10.2 Å².